The Morgan fingerprint density at radius 1 is 1.46 bits per heavy atom. The number of carboxylic acids is 1. The Morgan fingerprint density at radius 3 is 2.15 bits per heavy atom. The SMILES string of the molecule is CCC(C)(CCC(C)C)C(=O)O.Cl. The molecule has 2 nitrogen and oxygen atoms in total. The molecule has 1 atom stereocenters. The molecule has 0 bridgehead atoms. The zero-order valence-electron chi connectivity index (χ0n) is 8.96. The molecule has 0 aliphatic heterocycles. The van der Waals surface area contributed by atoms with Gasteiger partial charge in [-0.1, -0.05) is 20.8 Å². The fourth-order valence-electron chi connectivity index (χ4n) is 1.04. The van der Waals surface area contributed by atoms with Crippen molar-refractivity contribution < 1.29 is 9.90 Å². The van der Waals surface area contributed by atoms with Gasteiger partial charge in [0.05, 0.1) is 5.41 Å². The van der Waals surface area contributed by atoms with Crippen LogP contribution in [0.2, 0.25) is 0 Å². The Balaban J connectivity index is 0. The Kier molecular flexibility index (Phi) is 7.33. The molecule has 0 amide bonds. The van der Waals surface area contributed by atoms with E-state index >= 15 is 0 Å². The topological polar surface area (TPSA) is 37.3 Å². The Hall–Kier alpha value is -0.240. The molecule has 0 aromatic carbocycles. The van der Waals surface area contributed by atoms with E-state index in [1.54, 1.807) is 0 Å². The van der Waals surface area contributed by atoms with E-state index in [4.69, 9.17) is 5.11 Å². The fraction of sp³-hybridized carbons (Fsp3) is 0.900. The standard InChI is InChI=1S/C10H20O2.ClH/c1-5-10(4,9(11)12)7-6-8(2)3;/h8H,5-7H2,1-4H3,(H,11,12);1H. The minimum atomic E-state index is -0.661. The van der Waals surface area contributed by atoms with Crippen molar-refractivity contribution >= 4 is 18.4 Å². The number of hydrogen-bond acceptors (Lipinski definition) is 1. The van der Waals surface area contributed by atoms with E-state index in [1.165, 1.54) is 0 Å². The van der Waals surface area contributed by atoms with Crippen LogP contribution in [0.15, 0.2) is 0 Å². The number of rotatable bonds is 5. The minimum Gasteiger partial charge on any atom is -0.481 e. The molecule has 0 saturated heterocycles. The quantitative estimate of drug-likeness (QED) is 0.753. The average molecular weight is 209 g/mol. The molecular weight excluding hydrogens is 188 g/mol. The van der Waals surface area contributed by atoms with Crippen LogP contribution >= 0.6 is 12.4 Å². The van der Waals surface area contributed by atoms with Gasteiger partial charge < -0.3 is 5.11 Å². The molecule has 1 N–H and O–H groups in total. The average Bonchev–Trinajstić information content (AvgIpc) is 1.99. The largest absolute Gasteiger partial charge is 0.481 e. The zero-order valence-corrected chi connectivity index (χ0v) is 9.78. The van der Waals surface area contributed by atoms with Crippen LogP contribution in [0, 0.1) is 11.3 Å². The van der Waals surface area contributed by atoms with Crippen LogP contribution < -0.4 is 0 Å². The molecule has 0 aromatic heterocycles. The molecule has 0 aliphatic carbocycles. The van der Waals surface area contributed by atoms with Crippen molar-refractivity contribution in [2.24, 2.45) is 11.3 Å². The lowest BCUT2D eigenvalue weighted by Crippen LogP contribution is -2.26. The van der Waals surface area contributed by atoms with E-state index in [-0.39, 0.29) is 12.4 Å². The van der Waals surface area contributed by atoms with Gasteiger partial charge in [0, 0.05) is 0 Å². The summed E-state index contributed by atoms with van der Waals surface area (Å²) in [5.41, 5.74) is -0.510. The first-order chi connectivity index (χ1) is 5.42. The van der Waals surface area contributed by atoms with Gasteiger partial charge in [-0.25, -0.2) is 0 Å². The summed E-state index contributed by atoms with van der Waals surface area (Å²) in [7, 11) is 0. The first kappa shape index (κ1) is 15.2. The van der Waals surface area contributed by atoms with E-state index < -0.39 is 11.4 Å². The predicted molar refractivity (Wildman–Crippen MR) is 57.4 cm³/mol. The van der Waals surface area contributed by atoms with Crippen LogP contribution in [0.1, 0.15) is 47.0 Å². The van der Waals surface area contributed by atoms with Gasteiger partial charge in [-0.3, -0.25) is 4.79 Å². The highest BCUT2D eigenvalue weighted by molar-refractivity contribution is 5.85. The Morgan fingerprint density at radius 2 is 1.92 bits per heavy atom. The molecule has 0 heterocycles. The van der Waals surface area contributed by atoms with Gasteiger partial charge in [-0.15, -0.1) is 12.4 Å². The lowest BCUT2D eigenvalue weighted by molar-refractivity contribution is -0.148. The Bertz CT molecular complexity index is 157. The van der Waals surface area contributed by atoms with Gasteiger partial charge >= 0.3 is 5.97 Å². The van der Waals surface area contributed by atoms with Crippen LogP contribution in [0.3, 0.4) is 0 Å². The molecule has 0 saturated carbocycles. The van der Waals surface area contributed by atoms with Gasteiger partial charge in [0.15, 0.2) is 0 Å². The number of halogens is 1. The van der Waals surface area contributed by atoms with Crippen LogP contribution in [-0.2, 0) is 4.79 Å². The molecular formula is C10H21ClO2. The lowest BCUT2D eigenvalue weighted by atomic mass is 9.81. The maximum atomic E-state index is 10.9. The maximum Gasteiger partial charge on any atom is 0.309 e. The summed E-state index contributed by atoms with van der Waals surface area (Å²) < 4.78 is 0. The third-order valence-electron chi connectivity index (χ3n) is 2.57. The molecule has 0 radical (unpaired) electrons. The van der Waals surface area contributed by atoms with Crippen molar-refractivity contribution in [2.75, 3.05) is 0 Å². The monoisotopic (exact) mass is 208 g/mol. The zero-order chi connectivity index (χ0) is 9.78. The summed E-state index contributed by atoms with van der Waals surface area (Å²) in [5, 5.41) is 8.95. The molecule has 0 rings (SSSR count). The second-order valence-corrected chi connectivity index (χ2v) is 4.15. The van der Waals surface area contributed by atoms with Gasteiger partial charge in [0.1, 0.15) is 0 Å². The highest BCUT2D eigenvalue weighted by Gasteiger charge is 2.30. The minimum absolute atomic E-state index is 0. The molecule has 0 aliphatic rings. The summed E-state index contributed by atoms with van der Waals surface area (Å²) in [4.78, 5) is 10.9. The van der Waals surface area contributed by atoms with Crippen molar-refractivity contribution in [3.63, 3.8) is 0 Å². The van der Waals surface area contributed by atoms with Crippen LogP contribution in [0.4, 0.5) is 0 Å². The van der Waals surface area contributed by atoms with Gasteiger partial charge in [-0.05, 0) is 32.1 Å². The van der Waals surface area contributed by atoms with Crippen molar-refractivity contribution in [1.29, 1.82) is 0 Å². The lowest BCUT2D eigenvalue weighted by Gasteiger charge is -2.23. The summed E-state index contributed by atoms with van der Waals surface area (Å²) in [6, 6.07) is 0. The summed E-state index contributed by atoms with van der Waals surface area (Å²) in [6.45, 7) is 8.02. The van der Waals surface area contributed by atoms with E-state index in [2.05, 4.69) is 13.8 Å². The molecule has 80 valence electrons. The van der Waals surface area contributed by atoms with Crippen molar-refractivity contribution in [3.05, 3.63) is 0 Å². The van der Waals surface area contributed by atoms with Crippen LogP contribution in [0.5, 0.6) is 0 Å². The molecule has 0 fully saturated rings. The summed E-state index contributed by atoms with van der Waals surface area (Å²) in [5.74, 6) is -0.0686. The predicted octanol–water partition coefficient (Wildman–Crippen LogP) is 3.35. The number of hydrogen-bond donors (Lipinski definition) is 1. The van der Waals surface area contributed by atoms with Gasteiger partial charge in [-0.2, -0.15) is 0 Å². The van der Waals surface area contributed by atoms with E-state index in [9.17, 15) is 4.79 Å². The van der Waals surface area contributed by atoms with Gasteiger partial charge in [0.25, 0.3) is 0 Å². The number of aliphatic carboxylic acids is 1. The van der Waals surface area contributed by atoms with E-state index in [0.717, 1.165) is 19.3 Å². The van der Waals surface area contributed by atoms with Gasteiger partial charge in [0.2, 0.25) is 0 Å². The van der Waals surface area contributed by atoms with Crippen LogP contribution in [-0.4, -0.2) is 11.1 Å². The third-order valence-corrected chi connectivity index (χ3v) is 2.57. The highest BCUT2D eigenvalue weighted by Crippen LogP contribution is 2.29. The van der Waals surface area contributed by atoms with Crippen LogP contribution in [0.25, 0.3) is 0 Å². The molecule has 13 heavy (non-hydrogen) atoms. The smallest absolute Gasteiger partial charge is 0.309 e. The third kappa shape index (κ3) is 5.14. The summed E-state index contributed by atoms with van der Waals surface area (Å²) in [6.07, 6.45) is 2.50. The van der Waals surface area contributed by atoms with Crippen molar-refractivity contribution in [1.82, 2.24) is 0 Å². The normalized spacial score (nSPS) is 14.8. The first-order valence-corrected chi connectivity index (χ1v) is 4.65. The van der Waals surface area contributed by atoms with Crippen molar-refractivity contribution in [2.45, 2.75) is 47.0 Å². The first-order valence-electron chi connectivity index (χ1n) is 4.65. The second-order valence-electron chi connectivity index (χ2n) is 4.15. The highest BCUT2D eigenvalue weighted by atomic mass is 35.5. The molecule has 0 spiro atoms. The second kappa shape index (κ2) is 6.25. The van der Waals surface area contributed by atoms with E-state index in [0.29, 0.717) is 5.92 Å². The maximum absolute atomic E-state index is 10.9. The molecule has 0 aromatic rings. The summed E-state index contributed by atoms with van der Waals surface area (Å²) >= 11 is 0. The fourth-order valence-corrected chi connectivity index (χ4v) is 1.04. The van der Waals surface area contributed by atoms with E-state index in [1.807, 2.05) is 13.8 Å². The molecule has 1 unspecified atom stereocenters. The number of carbonyl (C=O) groups is 1. The van der Waals surface area contributed by atoms with Crippen molar-refractivity contribution in [3.8, 4) is 0 Å². The number of carboxylic acid groups (broad SMARTS) is 1. The Labute approximate surface area is 87.1 Å². The molecule has 3 heteroatoms.